The number of hydrogen-bond acceptors (Lipinski definition) is 5. The van der Waals surface area contributed by atoms with Crippen LogP contribution in [0.3, 0.4) is 0 Å². The number of esters is 1. The summed E-state index contributed by atoms with van der Waals surface area (Å²) in [5, 5.41) is 17.9. The SMILES string of the molecule is CCOC(=O)CC(CCc1cn(CC)nn1)c1ccc(C)cc1CO. The summed E-state index contributed by atoms with van der Waals surface area (Å²) >= 11 is 0. The topological polar surface area (TPSA) is 77.2 Å². The molecule has 0 aliphatic carbocycles. The number of aliphatic hydroxyl groups is 1. The van der Waals surface area contributed by atoms with Crippen molar-refractivity contribution >= 4 is 5.97 Å². The third kappa shape index (κ3) is 5.39. The summed E-state index contributed by atoms with van der Waals surface area (Å²) in [6, 6.07) is 5.99. The number of aromatic nitrogens is 3. The minimum absolute atomic E-state index is 0.0198. The summed E-state index contributed by atoms with van der Waals surface area (Å²) in [6.45, 7) is 6.93. The van der Waals surface area contributed by atoms with Crippen molar-refractivity contribution in [2.45, 2.75) is 59.1 Å². The molecule has 0 saturated heterocycles. The molecule has 1 heterocycles. The van der Waals surface area contributed by atoms with Gasteiger partial charge >= 0.3 is 5.97 Å². The number of ether oxygens (including phenoxy) is 1. The third-order valence-corrected chi connectivity index (χ3v) is 4.29. The van der Waals surface area contributed by atoms with Crippen molar-refractivity contribution in [3.8, 4) is 0 Å². The lowest BCUT2D eigenvalue weighted by Gasteiger charge is -2.19. The van der Waals surface area contributed by atoms with Crippen LogP contribution in [0.4, 0.5) is 0 Å². The molecule has 1 N–H and O–H groups in total. The van der Waals surface area contributed by atoms with Gasteiger partial charge in [-0.3, -0.25) is 9.48 Å². The monoisotopic (exact) mass is 345 g/mol. The van der Waals surface area contributed by atoms with Crippen molar-refractivity contribution in [3.63, 3.8) is 0 Å². The van der Waals surface area contributed by atoms with Crippen molar-refractivity contribution in [2.24, 2.45) is 0 Å². The Labute approximate surface area is 148 Å². The largest absolute Gasteiger partial charge is 0.466 e. The van der Waals surface area contributed by atoms with E-state index in [1.807, 2.05) is 38.2 Å². The Hall–Kier alpha value is -2.21. The molecule has 1 atom stereocenters. The normalized spacial score (nSPS) is 12.2. The Kier molecular flexibility index (Phi) is 7.13. The lowest BCUT2D eigenvalue weighted by molar-refractivity contribution is -0.143. The first-order valence-electron chi connectivity index (χ1n) is 8.82. The molecule has 0 aliphatic rings. The number of aliphatic hydroxyl groups excluding tert-OH is 1. The number of aryl methyl sites for hydroxylation is 3. The van der Waals surface area contributed by atoms with Crippen molar-refractivity contribution < 1.29 is 14.6 Å². The molecule has 2 aromatic rings. The van der Waals surface area contributed by atoms with Crippen LogP contribution >= 0.6 is 0 Å². The third-order valence-electron chi connectivity index (χ3n) is 4.29. The fraction of sp³-hybridized carbons (Fsp3) is 0.526. The predicted octanol–water partition coefficient (Wildman–Crippen LogP) is 2.77. The molecule has 6 heteroatoms. The molecule has 1 aromatic carbocycles. The predicted molar refractivity (Wildman–Crippen MR) is 95.1 cm³/mol. The zero-order valence-corrected chi connectivity index (χ0v) is 15.2. The van der Waals surface area contributed by atoms with E-state index in [1.54, 1.807) is 11.6 Å². The second-order valence-corrected chi connectivity index (χ2v) is 6.17. The highest BCUT2D eigenvalue weighted by molar-refractivity contribution is 5.70. The van der Waals surface area contributed by atoms with Crippen LogP contribution < -0.4 is 0 Å². The summed E-state index contributed by atoms with van der Waals surface area (Å²) in [5.74, 6) is -0.234. The molecule has 136 valence electrons. The standard InChI is InChI=1S/C19H27N3O3/c1-4-22-12-17(20-21-22)8-7-15(11-19(24)25-5-2)18-9-6-14(3)10-16(18)13-23/h6,9-10,12,15,23H,4-5,7-8,11,13H2,1-3H3. The fourth-order valence-electron chi connectivity index (χ4n) is 2.99. The minimum atomic E-state index is -0.214. The van der Waals surface area contributed by atoms with Gasteiger partial charge in [0.05, 0.1) is 25.3 Å². The Morgan fingerprint density at radius 2 is 2.16 bits per heavy atom. The smallest absolute Gasteiger partial charge is 0.306 e. The molecule has 6 nitrogen and oxygen atoms in total. The van der Waals surface area contributed by atoms with Gasteiger partial charge in [0.25, 0.3) is 0 Å². The lowest BCUT2D eigenvalue weighted by atomic mass is 9.87. The molecule has 0 spiro atoms. The second kappa shape index (κ2) is 9.32. The fourth-order valence-corrected chi connectivity index (χ4v) is 2.99. The van der Waals surface area contributed by atoms with Gasteiger partial charge in [0.2, 0.25) is 0 Å². The highest BCUT2D eigenvalue weighted by atomic mass is 16.5. The van der Waals surface area contributed by atoms with Gasteiger partial charge in [0.1, 0.15) is 0 Å². The van der Waals surface area contributed by atoms with Gasteiger partial charge < -0.3 is 9.84 Å². The van der Waals surface area contributed by atoms with Crippen molar-refractivity contribution in [2.75, 3.05) is 6.61 Å². The molecule has 0 radical (unpaired) electrons. The van der Waals surface area contributed by atoms with Crippen LogP contribution in [0.1, 0.15) is 55.0 Å². The number of nitrogens with zero attached hydrogens (tertiary/aromatic N) is 3. The summed E-state index contributed by atoms with van der Waals surface area (Å²) in [6.07, 6.45) is 3.70. The Morgan fingerprint density at radius 3 is 2.80 bits per heavy atom. The van der Waals surface area contributed by atoms with Crippen molar-refractivity contribution in [1.82, 2.24) is 15.0 Å². The van der Waals surface area contributed by atoms with E-state index in [9.17, 15) is 9.90 Å². The molecular formula is C19H27N3O3. The molecular weight excluding hydrogens is 318 g/mol. The highest BCUT2D eigenvalue weighted by Gasteiger charge is 2.20. The van der Waals surface area contributed by atoms with Crippen LogP contribution in [0, 0.1) is 6.92 Å². The average molecular weight is 345 g/mol. The van der Waals surface area contributed by atoms with Crippen molar-refractivity contribution in [1.29, 1.82) is 0 Å². The minimum Gasteiger partial charge on any atom is -0.466 e. The molecule has 0 fully saturated rings. The Balaban J connectivity index is 2.18. The van der Waals surface area contributed by atoms with Gasteiger partial charge in [-0.15, -0.1) is 5.10 Å². The molecule has 0 bridgehead atoms. The highest BCUT2D eigenvalue weighted by Crippen LogP contribution is 2.29. The maximum absolute atomic E-state index is 12.0. The summed E-state index contributed by atoms with van der Waals surface area (Å²) in [4.78, 5) is 12.0. The summed E-state index contributed by atoms with van der Waals surface area (Å²) < 4.78 is 6.92. The van der Waals surface area contributed by atoms with E-state index in [4.69, 9.17) is 4.74 Å². The molecule has 0 amide bonds. The van der Waals surface area contributed by atoms with E-state index in [-0.39, 0.29) is 18.5 Å². The molecule has 1 unspecified atom stereocenters. The maximum atomic E-state index is 12.0. The number of benzene rings is 1. The van der Waals surface area contributed by atoms with E-state index in [0.717, 1.165) is 41.8 Å². The van der Waals surface area contributed by atoms with Crippen LogP contribution in [-0.2, 0) is 29.1 Å². The Morgan fingerprint density at radius 1 is 1.36 bits per heavy atom. The number of carbonyl (C=O) groups is 1. The first-order valence-corrected chi connectivity index (χ1v) is 8.82. The molecule has 0 aliphatic heterocycles. The first kappa shape index (κ1) is 19.1. The Bertz CT molecular complexity index is 697. The van der Waals surface area contributed by atoms with Crippen LogP contribution in [-0.4, -0.2) is 32.7 Å². The number of hydrogen-bond donors (Lipinski definition) is 1. The van der Waals surface area contributed by atoms with Gasteiger partial charge in [-0.1, -0.05) is 29.0 Å². The number of rotatable bonds is 9. The van der Waals surface area contributed by atoms with E-state index < -0.39 is 0 Å². The average Bonchev–Trinajstić information content (AvgIpc) is 3.07. The summed E-state index contributed by atoms with van der Waals surface area (Å²) in [5.41, 5.74) is 3.87. The molecule has 0 saturated carbocycles. The second-order valence-electron chi connectivity index (χ2n) is 6.17. The van der Waals surface area contributed by atoms with E-state index >= 15 is 0 Å². The van der Waals surface area contributed by atoms with Gasteiger partial charge in [-0.25, -0.2) is 0 Å². The van der Waals surface area contributed by atoms with E-state index in [0.29, 0.717) is 13.0 Å². The zero-order chi connectivity index (χ0) is 18.2. The molecule has 2 rings (SSSR count). The molecule has 25 heavy (non-hydrogen) atoms. The van der Waals surface area contributed by atoms with Gasteiger partial charge in [-0.05, 0) is 50.7 Å². The van der Waals surface area contributed by atoms with Crippen LogP contribution in [0.15, 0.2) is 24.4 Å². The van der Waals surface area contributed by atoms with E-state index in [2.05, 4.69) is 10.3 Å². The quantitative estimate of drug-likeness (QED) is 0.707. The van der Waals surface area contributed by atoms with Gasteiger partial charge in [-0.2, -0.15) is 0 Å². The first-order chi connectivity index (χ1) is 12.1. The van der Waals surface area contributed by atoms with Crippen molar-refractivity contribution in [3.05, 3.63) is 46.8 Å². The maximum Gasteiger partial charge on any atom is 0.306 e. The van der Waals surface area contributed by atoms with Crippen LogP contribution in [0.25, 0.3) is 0 Å². The number of carbonyl (C=O) groups excluding carboxylic acids is 1. The molecule has 1 aromatic heterocycles. The lowest BCUT2D eigenvalue weighted by Crippen LogP contribution is -2.13. The van der Waals surface area contributed by atoms with Crippen LogP contribution in [0.2, 0.25) is 0 Å². The summed E-state index contributed by atoms with van der Waals surface area (Å²) in [7, 11) is 0. The van der Waals surface area contributed by atoms with E-state index in [1.165, 1.54) is 0 Å². The van der Waals surface area contributed by atoms with Gasteiger partial charge in [0.15, 0.2) is 0 Å². The van der Waals surface area contributed by atoms with Gasteiger partial charge in [0, 0.05) is 12.7 Å². The van der Waals surface area contributed by atoms with Crippen LogP contribution in [0.5, 0.6) is 0 Å². The zero-order valence-electron chi connectivity index (χ0n) is 15.2.